The molecule has 0 aliphatic carbocycles. The van der Waals surface area contributed by atoms with Crippen LogP contribution in [0.4, 0.5) is 5.69 Å². The van der Waals surface area contributed by atoms with E-state index in [1.807, 2.05) is 13.8 Å². The summed E-state index contributed by atoms with van der Waals surface area (Å²) in [5.41, 5.74) is 0.625. The highest BCUT2D eigenvalue weighted by Gasteiger charge is 2.07. The number of amides is 1. The van der Waals surface area contributed by atoms with Gasteiger partial charge in [-0.2, -0.15) is 5.10 Å². The van der Waals surface area contributed by atoms with Crippen LogP contribution in [0.15, 0.2) is 12.4 Å². The minimum Gasteiger partial charge on any atom is -0.481 e. The molecule has 94 valence electrons. The van der Waals surface area contributed by atoms with Crippen molar-refractivity contribution < 1.29 is 14.7 Å². The van der Waals surface area contributed by atoms with Crippen LogP contribution in [0.25, 0.3) is 0 Å². The third-order valence-corrected chi connectivity index (χ3v) is 2.79. The lowest BCUT2D eigenvalue weighted by atomic mass is 10.4. The van der Waals surface area contributed by atoms with E-state index in [0.29, 0.717) is 5.69 Å². The molecule has 0 aliphatic rings. The Kier molecular flexibility index (Phi) is 5.02. The predicted octanol–water partition coefficient (Wildman–Crippen LogP) is 1.22. The summed E-state index contributed by atoms with van der Waals surface area (Å²) in [7, 11) is 0. The van der Waals surface area contributed by atoms with E-state index in [4.69, 9.17) is 5.11 Å². The first kappa shape index (κ1) is 13.6. The Hall–Kier alpha value is -1.50. The van der Waals surface area contributed by atoms with Crippen molar-refractivity contribution >= 4 is 29.3 Å². The van der Waals surface area contributed by atoms with Gasteiger partial charge in [-0.05, 0) is 13.8 Å². The summed E-state index contributed by atoms with van der Waals surface area (Å²) in [6.45, 7) is 3.97. The van der Waals surface area contributed by atoms with Crippen molar-refractivity contribution in [2.24, 2.45) is 0 Å². The Labute approximate surface area is 103 Å². The summed E-state index contributed by atoms with van der Waals surface area (Å²) >= 11 is 1.06. The average Bonchev–Trinajstić information content (AvgIpc) is 2.65. The predicted molar refractivity (Wildman–Crippen MR) is 66.2 cm³/mol. The number of carboxylic acids is 1. The molecule has 1 amide bonds. The van der Waals surface area contributed by atoms with Crippen LogP contribution in [0.1, 0.15) is 19.9 Å². The first-order valence-corrected chi connectivity index (χ1v) is 6.28. The number of carbonyl (C=O) groups is 2. The molecule has 1 rings (SSSR count). The molecule has 6 nitrogen and oxygen atoms in total. The maximum absolute atomic E-state index is 11.4. The van der Waals surface area contributed by atoms with E-state index in [1.165, 1.54) is 0 Å². The van der Waals surface area contributed by atoms with Crippen molar-refractivity contribution in [2.75, 3.05) is 16.8 Å². The van der Waals surface area contributed by atoms with Crippen molar-refractivity contribution in [1.82, 2.24) is 9.78 Å². The lowest BCUT2D eigenvalue weighted by molar-refractivity contribution is -0.133. The van der Waals surface area contributed by atoms with Crippen LogP contribution in [0.5, 0.6) is 0 Å². The SMILES string of the molecule is CC(C)n1cc(NC(=O)CSCC(=O)O)cn1. The summed E-state index contributed by atoms with van der Waals surface area (Å²) in [5.74, 6) is -1.09. The number of nitrogens with zero attached hydrogens (tertiary/aromatic N) is 2. The van der Waals surface area contributed by atoms with E-state index in [0.717, 1.165) is 11.8 Å². The minimum absolute atomic E-state index is 0.0708. The third-order valence-electron chi connectivity index (χ3n) is 1.87. The number of aliphatic carboxylic acids is 1. The second-order valence-corrected chi connectivity index (χ2v) is 4.72. The van der Waals surface area contributed by atoms with Crippen LogP contribution < -0.4 is 5.32 Å². The van der Waals surface area contributed by atoms with Gasteiger partial charge in [0, 0.05) is 12.2 Å². The highest BCUT2D eigenvalue weighted by molar-refractivity contribution is 8.00. The molecule has 0 saturated heterocycles. The van der Waals surface area contributed by atoms with E-state index in [2.05, 4.69) is 10.4 Å². The Morgan fingerprint density at radius 1 is 1.53 bits per heavy atom. The van der Waals surface area contributed by atoms with Gasteiger partial charge in [-0.1, -0.05) is 0 Å². The van der Waals surface area contributed by atoms with E-state index in [9.17, 15) is 9.59 Å². The Balaban J connectivity index is 2.37. The average molecular weight is 257 g/mol. The first-order chi connectivity index (χ1) is 7.99. The molecule has 0 radical (unpaired) electrons. The molecule has 7 heteroatoms. The van der Waals surface area contributed by atoms with Gasteiger partial charge in [0.05, 0.1) is 23.4 Å². The number of carbonyl (C=O) groups excluding carboxylic acids is 1. The molecular formula is C10H15N3O3S. The highest BCUT2D eigenvalue weighted by atomic mass is 32.2. The van der Waals surface area contributed by atoms with Crippen LogP contribution in [0.3, 0.4) is 0 Å². The number of nitrogens with one attached hydrogen (secondary N) is 1. The number of hydrogen-bond donors (Lipinski definition) is 2. The van der Waals surface area contributed by atoms with E-state index in [-0.39, 0.29) is 23.5 Å². The van der Waals surface area contributed by atoms with Gasteiger partial charge in [0.2, 0.25) is 5.91 Å². The molecule has 17 heavy (non-hydrogen) atoms. The molecule has 0 saturated carbocycles. The molecule has 1 heterocycles. The fraction of sp³-hybridized carbons (Fsp3) is 0.500. The van der Waals surface area contributed by atoms with Crippen LogP contribution in [-0.4, -0.2) is 38.3 Å². The smallest absolute Gasteiger partial charge is 0.313 e. The zero-order chi connectivity index (χ0) is 12.8. The highest BCUT2D eigenvalue weighted by Crippen LogP contribution is 2.10. The summed E-state index contributed by atoms with van der Waals surface area (Å²) < 4.78 is 1.74. The van der Waals surface area contributed by atoms with E-state index >= 15 is 0 Å². The van der Waals surface area contributed by atoms with Gasteiger partial charge in [-0.25, -0.2) is 0 Å². The molecule has 0 aliphatic heterocycles. The van der Waals surface area contributed by atoms with Gasteiger partial charge in [0.15, 0.2) is 0 Å². The molecule has 0 spiro atoms. The summed E-state index contributed by atoms with van der Waals surface area (Å²) in [6.07, 6.45) is 3.31. The number of carboxylic acid groups (broad SMARTS) is 1. The number of anilines is 1. The van der Waals surface area contributed by atoms with Gasteiger partial charge in [0.1, 0.15) is 0 Å². The Morgan fingerprint density at radius 2 is 2.24 bits per heavy atom. The number of aromatic nitrogens is 2. The van der Waals surface area contributed by atoms with Crippen LogP contribution in [-0.2, 0) is 9.59 Å². The number of hydrogen-bond acceptors (Lipinski definition) is 4. The van der Waals surface area contributed by atoms with Gasteiger partial charge in [-0.15, -0.1) is 11.8 Å². The standard InChI is InChI=1S/C10H15N3O3S/c1-7(2)13-4-8(3-11-13)12-9(14)5-17-6-10(15)16/h3-4,7H,5-6H2,1-2H3,(H,12,14)(H,15,16). The van der Waals surface area contributed by atoms with E-state index in [1.54, 1.807) is 17.1 Å². The normalized spacial score (nSPS) is 10.5. The number of rotatable bonds is 6. The van der Waals surface area contributed by atoms with Gasteiger partial charge < -0.3 is 10.4 Å². The van der Waals surface area contributed by atoms with Crippen molar-refractivity contribution in [3.63, 3.8) is 0 Å². The van der Waals surface area contributed by atoms with Crippen molar-refractivity contribution in [3.05, 3.63) is 12.4 Å². The van der Waals surface area contributed by atoms with Crippen LogP contribution in [0, 0.1) is 0 Å². The largest absolute Gasteiger partial charge is 0.481 e. The maximum Gasteiger partial charge on any atom is 0.313 e. The van der Waals surface area contributed by atoms with Gasteiger partial charge >= 0.3 is 5.97 Å². The fourth-order valence-electron chi connectivity index (χ4n) is 1.11. The lowest BCUT2D eigenvalue weighted by Crippen LogP contribution is -2.15. The van der Waals surface area contributed by atoms with Gasteiger partial charge in [0.25, 0.3) is 0 Å². The topological polar surface area (TPSA) is 84.2 Å². The van der Waals surface area contributed by atoms with Crippen molar-refractivity contribution in [1.29, 1.82) is 0 Å². The quantitative estimate of drug-likeness (QED) is 0.800. The monoisotopic (exact) mass is 257 g/mol. The molecule has 0 fully saturated rings. The second-order valence-electron chi connectivity index (χ2n) is 3.74. The number of thioether (sulfide) groups is 1. The summed E-state index contributed by atoms with van der Waals surface area (Å²) in [4.78, 5) is 21.7. The zero-order valence-corrected chi connectivity index (χ0v) is 10.5. The molecule has 2 N–H and O–H groups in total. The van der Waals surface area contributed by atoms with Crippen molar-refractivity contribution in [2.45, 2.75) is 19.9 Å². The van der Waals surface area contributed by atoms with Gasteiger partial charge in [-0.3, -0.25) is 14.3 Å². The van der Waals surface area contributed by atoms with Crippen molar-refractivity contribution in [3.8, 4) is 0 Å². The van der Waals surface area contributed by atoms with E-state index < -0.39 is 5.97 Å². The molecule has 1 aromatic heterocycles. The zero-order valence-electron chi connectivity index (χ0n) is 9.71. The molecular weight excluding hydrogens is 242 g/mol. The second kappa shape index (κ2) is 6.29. The van der Waals surface area contributed by atoms with Crippen LogP contribution in [0.2, 0.25) is 0 Å². The fourth-order valence-corrected chi connectivity index (χ4v) is 1.65. The summed E-state index contributed by atoms with van der Waals surface area (Å²) in [6, 6.07) is 0.238. The minimum atomic E-state index is -0.921. The Morgan fingerprint density at radius 3 is 2.76 bits per heavy atom. The first-order valence-electron chi connectivity index (χ1n) is 5.12. The molecule has 0 unspecified atom stereocenters. The molecule has 0 aromatic carbocycles. The lowest BCUT2D eigenvalue weighted by Gasteiger charge is -2.03. The molecule has 0 bridgehead atoms. The summed E-state index contributed by atoms with van der Waals surface area (Å²) in [5, 5.41) is 15.1. The molecule has 1 aromatic rings. The maximum atomic E-state index is 11.4. The Bertz CT molecular complexity index is 403. The van der Waals surface area contributed by atoms with Crippen LogP contribution >= 0.6 is 11.8 Å². The molecule has 0 atom stereocenters. The third kappa shape index (κ3) is 4.90.